The highest BCUT2D eigenvalue weighted by molar-refractivity contribution is 4.63. The minimum absolute atomic E-state index is 0.632. The minimum Gasteiger partial charge on any atom is -0.381 e. The van der Waals surface area contributed by atoms with Crippen LogP contribution in [-0.2, 0) is 4.74 Å². The predicted octanol–water partition coefficient (Wildman–Crippen LogP) is 2.50. The van der Waals surface area contributed by atoms with E-state index in [0.717, 1.165) is 26.1 Å². The molecule has 1 rings (SSSR count). The van der Waals surface area contributed by atoms with Gasteiger partial charge in [0, 0.05) is 24.7 Å². The van der Waals surface area contributed by atoms with E-state index >= 15 is 0 Å². The average Bonchev–Trinajstić information content (AvgIpc) is 2.14. The van der Waals surface area contributed by atoms with E-state index in [9.17, 15) is 0 Å². The zero-order valence-electron chi connectivity index (χ0n) is 7.28. The van der Waals surface area contributed by atoms with Crippen LogP contribution in [-0.4, -0.2) is 19.8 Å². The summed E-state index contributed by atoms with van der Waals surface area (Å²) in [6, 6.07) is 0. The van der Waals surface area contributed by atoms with Gasteiger partial charge in [-0.15, -0.1) is 0 Å². The summed E-state index contributed by atoms with van der Waals surface area (Å²) in [5.74, 6) is 0.702. The molecule has 1 atom stereocenters. The molecule has 1 saturated heterocycles. The molecule has 0 spiro atoms. The minimum atomic E-state index is 0.632. The van der Waals surface area contributed by atoms with Crippen molar-refractivity contribution in [2.24, 2.45) is 11.0 Å². The fourth-order valence-electron chi connectivity index (χ4n) is 1.53. The molecule has 0 N–H and O–H groups in total. The molecule has 68 valence electrons. The number of hydrogen-bond donors (Lipinski definition) is 0. The van der Waals surface area contributed by atoms with Gasteiger partial charge in [0.25, 0.3) is 0 Å². The second kappa shape index (κ2) is 5.86. The Morgan fingerprint density at radius 2 is 2.50 bits per heavy atom. The van der Waals surface area contributed by atoms with Crippen LogP contribution in [0, 0.1) is 5.92 Å². The van der Waals surface area contributed by atoms with Crippen molar-refractivity contribution in [3.63, 3.8) is 0 Å². The molecular formula is C8H15N3O. The molecule has 1 aliphatic rings. The molecule has 12 heavy (non-hydrogen) atoms. The van der Waals surface area contributed by atoms with E-state index in [1.807, 2.05) is 0 Å². The fraction of sp³-hybridized carbons (Fsp3) is 1.00. The van der Waals surface area contributed by atoms with Gasteiger partial charge in [-0.3, -0.25) is 0 Å². The molecule has 0 amide bonds. The molecule has 1 aliphatic heterocycles. The summed E-state index contributed by atoms with van der Waals surface area (Å²) in [5, 5.41) is 3.50. The standard InChI is InChI=1S/C8H15N3O/c9-11-10-5-1-3-8-4-2-6-12-7-8/h8H,1-7H2/t8-/m0/s1. The molecular weight excluding hydrogens is 154 g/mol. The monoisotopic (exact) mass is 169 g/mol. The molecule has 1 heterocycles. The summed E-state index contributed by atoms with van der Waals surface area (Å²) in [5.41, 5.74) is 8.04. The van der Waals surface area contributed by atoms with Gasteiger partial charge in [-0.05, 0) is 37.1 Å². The highest BCUT2D eigenvalue weighted by Crippen LogP contribution is 2.18. The number of azide groups is 1. The molecule has 4 heteroatoms. The van der Waals surface area contributed by atoms with Crippen molar-refractivity contribution in [1.29, 1.82) is 0 Å². The van der Waals surface area contributed by atoms with Crippen LogP contribution >= 0.6 is 0 Å². The molecule has 1 fully saturated rings. The molecule has 0 aliphatic carbocycles. The third-order valence-corrected chi connectivity index (χ3v) is 2.19. The third-order valence-electron chi connectivity index (χ3n) is 2.19. The van der Waals surface area contributed by atoms with E-state index in [1.165, 1.54) is 12.8 Å². The van der Waals surface area contributed by atoms with Gasteiger partial charge in [-0.25, -0.2) is 0 Å². The SMILES string of the molecule is [N-]=[N+]=NCCC[C@H]1CCCOC1. The number of nitrogens with zero attached hydrogens (tertiary/aromatic N) is 3. The summed E-state index contributed by atoms with van der Waals surface area (Å²) in [6.45, 7) is 2.45. The first-order valence-corrected chi connectivity index (χ1v) is 4.52. The van der Waals surface area contributed by atoms with Crippen molar-refractivity contribution in [3.05, 3.63) is 10.4 Å². The Balaban J connectivity index is 2.01. The summed E-state index contributed by atoms with van der Waals surface area (Å²) >= 11 is 0. The van der Waals surface area contributed by atoms with Crippen LogP contribution in [0.4, 0.5) is 0 Å². The van der Waals surface area contributed by atoms with E-state index in [-0.39, 0.29) is 0 Å². The van der Waals surface area contributed by atoms with Crippen molar-refractivity contribution < 1.29 is 4.74 Å². The van der Waals surface area contributed by atoms with E-state index in [1.54, 1.807) is 0 Å². The lowest BCUT2D eigenvalue weighted by atomic mass is 9.97. The Labute approximate surface area is 72.5 Å². The first kappa shape index (κ1) is 9.36. The Kier molecular flexibility index (Phi) is 4.57. The second-order valence-corrected chi connectivity index (χ2v) is 3.18. The van der Waals surface area contributed by atoms with Crippen LogP contribution < -0.4 is 0 Å². The van der Waals surface area contributed by atoms with Crippen LogP contribution in [0.25, 0.3) is 10.4 Å². The highest BCUT2D eigenvalue weighted by Gasteiger charge is 2.12. The lowest BCUT2D eigenvalue weighted by molar-refractivity contribution is 0.0512. The Hall–Kier alpha value is -0.730. The smallest absolute Gasteiger partial charge is 0.0494 e. The molecule has 4 nitrogen and oxygen atoms in total. The number of rotatable bonds is 4. The fourth-order valence-corrected chi connectivity index (χ4v) is 1.53. The van der Waals surface area contributed by atoms with E-state index in [0.29, 0.717) is 12.5 Å². The van der Waals surface area contributed by atoms with Gasteiger partial charge < -0.3 is 4.74 Å². The van der Waals surface area contributed by atoms with Crippen molar-refractivity contribution >= 4 is 0 Å². The number of hydrogen-bond acceptors (Lipinski definition) is 2. The Bertz CT molecular complexity index is 160. The lowest BCUT2D eigenvalue weighted by Gasteiger charge is -2.21. The zero-order valence-corrected chi connectivity index (χ0v) is 7.28. The lowest BCUT2D eigenvalue weighted by Crippen LogP contribution is -2.17. The molecule has 0 bridgehead atoms. The van der Waals surface area contributed by atoms with Crippen LogP contribution in [0.5, 0.6) is 0 Å². The topological polar surface area (TPSA) is 58.0 Å². The van der Waals surface area contributed by atoms with Gasteiger partial charge >= 0.3 is 0 Å². The predicted molar refractivity (Wildman–Crippen MR) is 46.8 cm³/mol. The van der Waals surface area contributed by atoms with E-state index in [2.05, 4.69) is 10.0 Å². The summed E-state index contributed by atoms with van der Waals surface area (Å²) < 4.78 is 5.34. The molecule has 0 aromatic heterocycles. The molecule has 0 aromatic rings. The first-order valence-electron chi connectivity index (χ1n) is 4.52. The van der Waals surface area contributed by atoms with Gasteiger partial charge in [0.05, 0.1) is 0 Å². The largest absolute Gasteiger partial charge is 0.381 e. The summed E-state index contributed by atoms with van der Waals surface area (Å²) in [4.78, 5) is 2.71. The molecule has 0 aromatic carbocycles. The second-order valence-electron chi connectivity index (χ2n) is 3.18. The van der Waals surface area contributed by atoms with Gasteiger partial charge in [0.2, 0.25) is 0 Å². The first-order chi connectivity index (χ1) is 5.93. The van der Waals surface area contributed by atoms with Gasteiger partial charge in [0.1, 0.15) is 0 Å². The van der Waals surface area contributed by atoms with E-state index in [4.69, 9.17) is 10.3 Å². The van der Waals surface area contributed by atoms with Gasteiger partial charge in [-0.2, -0.15) is 0 Å². The van der Waals surface area contributed by atoms with Gasteiger partial charge in [-0.1, -0.05) is 5.11 Å². The maximum atomic E-state index is 8.04. The maximum Gasteiger partial charge on any atom is 0.0494 e. The van der Waals surface area contributed by atoms with Crippen LogP contribution in [0.2, 0.25) is 0 Å². The molecule has 0 unspecified atom stereocenters. The Morgan fingerprint density at radius 1 is 1.58 bits per heavy atom. The Morgan fingerprint density at radius 3 is 3.17 bits per heavy atom. The van der Waals surface area contributed by atoms with Crippen molar-refractivity contribution in [2.45, 2.75) is 25.7 Å². The zero-order chi connectivity index (χ0) is 8.65. The molecule has 0 radical (unpaired) electrons. The summed E-state index contributed by atoms with van der Waals surface area (Å²) in [7, 11) is 0. The highest BCUT2D eigenvalue weighted by atomic mass is 16.5. The van der Waals surface area contributed by atoms with Crippen molar-refractivity contribution in [3.8, 4) is 0 Å². The summed E-state index contributed by atoms with van der Waals surface area (Å²) in [6.07, 6.45) is 4.60. The third kappa shape index (κ3) is 3.60. The van der Waals surface area contributed by atoms with Crippen molar-refractivity contribution in [2.75, 3.05) is 19.8 Å². The maximum absolute atomic E-state index is 8.04. The van der Waals surface area contributed by atoms with Crippen molar-refractivity contribution in [1.82, 2.24) is 0 Å². The average molecular weight is 169 g/mol. The van der Waals surface area contributed by atoms with Crippen LogP contribution in [0.15, 0.2) is 5.11 Å². The normalized spacial score (nSPS) is 23.2. The number of ether oxygens (including phenoxy) is 1. The van der Waals surface area contributed by atoms with Gasteiger partial charge in [0.15, 0.2) is 0 Å². The van der Waals surface area contributed by atoms with E-state index < -0.39 is 0 Å². The quantitative estimate of drug-likeness (QED) is 0.276. The molecule has 0 saturated carbocycles. The van der Waals surface area contributed by atoms with Crippen LogP contribution in [0.1, 0.15) is 25.7 Å². The van der Waals surface area contributed by atoms with Crippen LogP contribution in [0.3, 0.4) is 0 Å².